The van der Waals surface area contributed by atoms with Gasteiger partial charge >= 0.3 is 0 Å². The number of benzene rings is 3. The van der Waals surface area contributed by atoms with Gasteiger partial charge in [0.25, 0.3) is 0 Å². The Kier molecular flexibility index (Phi) is 9.07. The zero-order valence-corrected chi connectivity index (χ0v) is 23.2. The molecule has 0 spiro atoms. The summed E-state index contributed by atoms with van der Waals surface area (Å²) in [4.78, 5) is 32.9. The van der Waals surface area contributed by atoms with E-state index in [0.29, 0.717) is 18.2 Å². The number of likely N-dealkylation sites (tertiary alicyclic amines) is 1. The Morgan fingerprint density at radius 3 is 2.23 bits per heavy atom. The number of amides is 2. The molecule has 0 radical (unpaired) electrons. The molecule has 0 bridgehead atoms. The van der Waals surface area contributed by atoms with Gasteiger partial charge in [-0.15, -0.1) is 0 Å². The summed E-state index contributed by atoms with van der Waals surface area (Å²) >= 11 is 0. The Morgan fingerprint density at radius 1 is 0.875 bits per heavy atom. The maximum absolute atomic E-state index is 13.9. The molecule has 4 aromatic rings. The maximum atomic E-state index is 13.9. The van der Waals surface area contributed by atoms with Crippen molar-refractivity contribution in [3.8, 4) is 11.1 Å². The number of carbonyl (C=O) groups excluding carboxylic acids is 2. The lowest BCUT2D eigenvalue weighted by atomic mass is 9.96. The maximum Gasteiger partial charge on any atom is 0.250 e. The van der Waals surface area contributed by atoms with Crippen molar-refractivity contribution < 1.29 is 9.59 Å². The number of hydrogen-bond acceptors (Lipinski definition) is 3. The smallest absolute Gasteiger partial charge is 0.250 e. The van der Waals surface area contributed by atoms with Gasteiger partial charge in [-0.1, -0.05) is 91.9 Å². The van der Waals surface area contributed by atoms with Gasteiger partial charge in [-0.2, -0.15) is 0 Å². The van der Waals surface area contributed by atoms with Crippen LogP contribution in [0, 0.1) is 5.92 Å². The summed E-state index contributed by atoms with van der Waals surface area (Å²) in [6, 6.07) is 28.2. The van der Waals surface area contributed by atoms with Crippen molar-refractivity contribution in [2.75, 3.05) is 18.4 Å². The number of aromatic nitrogens is 2. The Labute approximate surface area is 237 Å². The highest BCUT2D eigenvalue weighted by molar-refractivity contribution is 5.90. The second kappa shape index (κ2) is 13.2. The first-order valence-corrected chi connectivity index (χ1v) is 14.4. The molecule has 5 rings (SSSR count). The van der Waals surface area contributed by atoms with Crippen molar-refractivity contribution in [2.24, 2.45) is 5.92 Å². The molecule has 1 aliphatic heterocycles. The molecule has 1 atom stereocenters. The first-order valence-electron chi connectivity index (χ1n) is 14.4. The number of rotatable bonds is 10. The summed E-state index contributed by atoms with van der Waals surface area (Å²) < 4.78 is 1.84. The summed E-state index contributed by atoms with van der Waals surface area (Å²) in [6.07, 6.45) is 8.63. The van der Waals surface area contributed by atoms with Crippen LogP contribution in [0.2, 0.25) is 0 Å². The van der Waals surface area contributed by atoms with Crippen molar-refractivity contribution in [3.63, 3.8) is 0 Å². The number of anilines is 1. The van der Waals surface area contributed by atoms with Gasteiger partial charge in [0.1, 0.15) is 6.04 Å². The van der Waals surface area contributed by atoms with Gasteiger partial charge in [-0.05, 0) is 60.3 Å². The number of nitrogens with one attached hydrogen (secondary N) is 1. The van der Waals surface area contributed by atoms with E-state index in [-0.39, 0.29) is 11.8 Å². The molecule has 1 N–H and O–H groups in total. The molecule has 40 heavy (non-hydrogen) atoms. The average molecular weight is 535 g/mol. The van der Waals surface area contributed by atoms with E-state index in [1.807, 2.05) is 58.0 Å². The quantitative estimate of drug-likeness (QED) is 0.229. The fourth-order valence-corrected chi connectivity index (χ4v) is 5.34. The second-order valence-corrected chi connectivity index (χ2v) is 10.8. The lowest BCUT2D eigenvalue weighted by Gasteiger charge is -2.33. The molecule has 2 heterocycles. The standard InChI is InChI=1S/C34H38N4O2/c1-26-20-22-37(23-21-26)34(40)33(30-18-16-29(17-19-30)28-13-6-3-7-14-28)38-24-31(35-25-38)36-32(39)15-9-8-12-27-10-4-2-5-11-27/h2-7,10-11,13-14,16-19,24-26,33H,8-9,12,15,20-23H2,1H3,(H,36,39). The highest BCUT2D eigenvalue weighted by Crippen LogP contribution is 2.28. The summed E-state index contributed by atoms with van der Waals surface area (Å²) in [5, 5.41) is 2.93. The number of nitrogens with zero attached hydrogens (tertiary/aromatic N) is 3. The van der Waals surface area contributed by atoms with Crippen LogP contribution in [0.5, 0.6) is 0 Å². The van der Waals surface area contributed by atoms with Gasteiger partial charge in [0.05, 0.1) is 6.33 Å². The van der Waals surface area contributed by atoms with Gasteiger partial charge in [0, 0.05) is 25.7 Å². The Morgan fingerprint density at radius 2 is 1.52 bits per heavy atom. The van der Waals surface area contributed by atoms with Crippen LogP contribution < -0.4 is 5.32 Å². The molecule has 206 valence electrons. The molecule has 1 fully saturated rings. The number of imidazole rings is 1. The monoisotopic (exact) mass is 534 g/mol. The molecule has 1 unspecified atom stereocenters. The topological polar surface area (TPSA) is 67.2 Å². The average Bonchev–Trinajstić information content (AvgIpc) is 3.44. The van der Waals surface area contributed by atoms with E-state index in [2.05, 4.69) is 53.6 Å². The lowest BCUT2D eigenvalue weighted by molar-refractivity contribution is -0.134. The predicted molar refractivity (Wildman–Crippen MR) is 160 cm³/mol. The van der Waals surface area contributed by atoms with Gasteiger partial charge < -0.3 is 14.8 Å². The van der Waals surface area contributed by atoms with Crippen LogP contribution in [0.3, 0.4) is 0 Å². The third-order valence-electron chi connectivity index (χ3n) is 7.79. The highest BCUT2D eigenvalue weighted by atomic mass is 16.2. The first-order chi connectivity index (χ1) is 19.6. The van der Waals surface area contributed by atoms with E-state index in [1.165, 1.54) is 5.56 Å². The van der Waals surface area contributed by atoms with Gasteiger partial charge in [-0.3, -0.25) is 9.59 Å². The molecule has 1 aromatic heterocycles. The minimum Gasteiger partial charge on any atom is -0.341 e. The molecule has 2 amide bonds. The number of piperidine rings is 1. The molecule has 0 saturated carbocycles. The molecule has 3 aromatic carbocycles. The summed E-state index contributed by atoms with van der Waals surface area (Å²) in [6.45, 7) is 3.77. The Bertz CT molecular complexity index is 1370. The van der Waals surface area contributed by atoms with Crippen LogP contribution in [-0.2, 0) is 16.0 Å². The van der Waals surface area contributed by atoms with Crippen molar-refractivity contribution in [1.82, 2.24) is 14.5 Å². The minimum absolute atomic E-state index is 0.0570. The third kappa shape index (κ3) is 7.06. The lowest BCUT2D eigenvalue weighted by Crippen LogP contribution is -2.42. The minimum atomic E-state index is -0.540. The van der Waals surface area contributed by atoms with Crippen LogP contribution in [0.1, 0.15) is 56.2 Å². The molecular weight excluding hydrogens is 496 g/mol. The van der Waals surface area contributed by atoms with E-state index in [1.54, 1.807) is 12.5 Å². The fraction of sp³-hybridized carbons (Fsp3) is 0.324. The first kappa shape index (κ1) is 27.4. The molecule has 6 nitrogen and oxygen atoms in total. The van der Waals surface area contributed by atoms with Crippen molar-refractivity contribution >= 4 is 17.6 Å². The van der Waals surface area contributed by atoms with Crippen LogP contribution in [0.25, 0.3) is 11.1 Å². The van der Waals surface area contributed by atoms with Crippen LogP contribution in [0.15, 0.2) is 97.5 Å². The normalized spacial score (nSPS) is 14.6. The van der Waals surface area contributed by atoms with E-state index >= 15 is 0 Å². The van der Waals surface area contributed by atoms with E-state index in [9.17, 15) is 9.59 Å². The molecule has 6 heteroatoms. The predicted octanol–water partition coefficient (Wildman–Crippen LogP) is 6.75. The Balaban J connectivity index is 1.27. The molecule has 0 aliphatic carbocycles. The molecular formula is C34H38N4O2. The van der Waals surface area contributed by atoms with Crippen molar-refractivity contribution in [2.45, 2.75) is 51.5 Å². The zero-order chi connectivity index (χ0) is 27.7. The number of aryl methyl sites for hydroxylation is 1. The van der Waals surface area contributed by atoms with Crippen LogP contribution in [0.4, 0.5) is 5.82 Å². The zero-order valence-electron chi connectivity index (χ0n) is 23.2. The third-order valence-corrected chi connectivity index (χ3v) is 7.79. The van der Waals surface area contributed by atoms with Crippen molar-refractivity contribution in [3.05, 3.63) is 109 Å². The van der Waals surface area contributed by atoms with Gasteiger partial charge in [0.2, 0.25) is 11.8 Å². The number of hydrogen-bond donors (Lipinski definition) is 1. The van der Waals surface area contributed by atoms with E-state index in [4.69, 9.17) is 0 Å². The number of unbranched alkanes of at least 4 members (excludes halogenated alkanes) is 1. The van der Waals surface area contributed by atoms with Gasteiger partial charge in [-0.25, -0.2) is 4.98 Å². The van der Waals surface area contributed by atoms with Crippen LogP contribution >= 0.6 is 0 Å². The van der Waals surface area contributed by atoms with Crippen LogP contribution in [-0.4, -0.2) is 39.4 Å². The summed E-state index contributed by atoms with van der Waals surface area (Å²) in [5.41, 5.74) is 4.43. The number of carbonyl (C=O) groups is 2. The van der Waals surface area contributed by atoms with Crippen molar-refractivity contribution in [1.29, 1.82) is 0 Å². The van der Waals surface area contributed by atoms with E-state index in [0.717, 1.165) is 61.9 Å². The molecule has 1 saturated heterocycles. The largest absolute Gasteiger partial charge is 0.341 e. The SMILES string of the molecule is CC1CCN(C(=O)C(c2ccc(-c3ccccc3)cc2)n2cnc(NC(=O)CCCCc3ccccc3)c2)CC1. The highest BCUT2D eigenvalue weighted by Gasteiger charge is 2.30. The summed E-state index contributed by atoms with van der Waals surface area (Å²) in [7, 11) is 0. The summed E-state index contributed by atoms with van der Waals surface area (Å²) in [5.74, 6) is 1.11. The Hall–Kier alpha value is -4.19. The second-order valence-electron chi connectivity index (χ2n) is 10.8. The fourth-order valence-electron chi connectivity index (χ4n) is 5.34. The molecule has 1 aliphatic rings. The van der Waals surface area contributed by atoms with Gasteiger partial charge in [0.15, 0.2) is 5.82 Å². The van der Waals surface area contributed by atoms with E-state index < -0.39 is 6.04 Å².